The minimum atomic E-state index is -0.224. The molecule has 7 heteroatoms. The first-order valence-electron chi connectivity index (χ1n) is 8.72. The molecule has 0 bridgehead atoms. The molecule has 0 unspecified atom stereocenters. The molecule has 3 rings (SSSR count). The third-order valence-electron chi connectivity index (χ3n) is 4.38. The highest BCUT2D eigenvalue weighted by Gasteiger charge is 2.15. The van der Waals surface area contributed by atoms with Crippen molar-refractivity contribution in [2.75, 3.05) is 25.0 Å². The van der Waals surface area contributed by atoms with E-state index >= 15 is 0 Å². The molecule has 26 heavy (non-hydrogen) atoms. The van der Waals surface area contributed by atoms with E-state index in [-0.39, 0.29) is 5.91 Å². The Labute approximate surface area is 161 Å². The number of nitrogens with one attached hydrogen (secondary N) is 1. The van der Waals surface area contributed by atoms with Gasteiger partial charge in [0, 0.05) is 30.0 Å². The van der Waals surface area contributed by atoms with Crippen LogP contribution in [0.3, 0.4) is 0 Å². The van der Waals surface area contributed by atoms with Crippen molar-refractivity contribution < 1.29 is 4.79 Å². The van der Waals surface area contributed by atoms with Crippen LogP contribution in [-0.2, 0) is 6.54 Å². The van der Waals surface area contributed by atoms with Gasteiger partial charge in [-0.05, 0) is 47.2 Å². The number of carbonyl (C=O) groups is 1. The zero-order chi connectivity index (χ0) is 18.5. The summed E-state index contributed by atoms with van der Waals surface area (Å²) in [5.74, 6) is 0.335. The molecule has 2 heterocycles. The van der Waals surface area contributed by atoms with Crippen LogP contribution in [0.2, 0.25) is 0 Å². The van der Waals surface area contributed by atoms with E-state index in [0.29, 0.717) is 11.5 Å². The second kappa shape index (κ2) is 8.42. The summed E-state index contributed by atoms with van der Waals surface area (Å²) in [6, 6.07) is 9.67. The largest absolute Gasteiger partial charge is 0.309 e. The summed E-state index contributed by atoms with van der Waals surface area (Å²) in [5, 5.41) is 2.94. The fraction of sp³-hybridized carbons (Fsp3) is 0.316. The van der Waals surface area contributed by atoms with Crippen molar-refractivity contribution in [1.29, 1.82) is 0 Å². The van der Waals surface area contributed by atoms with Gasteiger partial charge in [0.1, 0.15) is 0 Å². The van der Waals surface area contributed by atoms with Crippen LogP contribution in [0.5, 0.6) is 0 Å². The average molecular weight is 416 g/mol. The number of rotatable bonds is 7. The van der Waals surface area contributed by atoms with Crippen LogP contribution in [0.1, 0.15) is 24.2 Å². The number of hydrogen-bond acceptors (Lipinski definition) is 4. The Balaban J connectivity index is 1.89. The molecule has 1 amide bonds. The highest BCUT2D eigenvalue weighted by Crippen LogP contribution is 2.20. The number of halogens is 1. The summed E-state index contributed by atoms with van der Waals surface area (Å²) in [5.41, 5.74) is 2.37. The molecule has 0 spiro atoms. The molecule has 6 nitrogen and oxygen atoms in total. The summed E-state index contributed by atoms with van der Waals surface area (Å²) in [4.78, 5) is 23.6. The fourth-order valence-electron chi connectivity index (χ4n) is 2.89. The molecule has 0 aliphatic heterocycles. The number of hydrogen-bond donors (Lipinski definition) is 1. The van der Waals surface area contributed by atoms with Gasteiger partial charge in [-0.1, -0.05) is 26.0 Å². The predicted molar refractivity (Wildman–Crippen MR) is 107 cm³/mol. The molecule has 0 aliphatic rings. The van der Waals surface area contributed by atoms with Crippen molar-refractivity contribution in [3.8, 4) is 0 Å². The molecular weight excluding hydrogens is 394 g/mol. The van der Waals surface area contributed by atoms with Gasteiger partial charge >= 0.3 is 0 Å². The summed E-state index contributed by atoms with van der Waals surface area (Å²) in [6.07, 6.45) is 3.19. The summed E-state index contributed by atoms with van der Waals surface area (Å²) >= 11 is 3.35. The van der Waals surface area contributed by atoms with Crippen molar-refractivity contribution in [3.63, 3.8) is 0 Å². The monoisotopic (exact) mass is 415 g/mol. The van der Waals surface area contributed by atoms with E-state index in [1.165, 1.54) is 0 Å². The number of imidazole rings is 1. The molecule has 2 aromatic heterocycles. The van der Waals surface area contributed by atoms with Crippen molar-refractivity contribution >= 4 is 38.8 Å². The maximum Gasteiger partial charge on any atom is 0.259 e. The van der Waals surface area contributed by atoms with Crippen molar-refractivity contribution in [2.24, 2.45) is 0 Å². The lowest BCUT2D eigenvalue weighted by Gasteiger charge is -2.19. The van der Waals surface area contributed by atoms with E-state index in [1.54, 1.807) is 18.5 Å². The Kier molecular flexibility index (Phi) is 6.00. The van der Waals surface area contributed by atoms with Crippen LogP contribution >= 0.6 is 15.9 Å². The van der Waals surface area contributed by atoms with Gasteiger partial charge < -0.3 is 9.47 Å². The molecule has 3 aromatic rings. The van der Waals surface area contributed by atoms with Crippen LogP contribution in [0.15, 0.2) is 47.2 Å². The number of pyridine rings is 1. The first kappa shape index (κ1) is 18.5. The van der Waals surface area contributed by atoms with E-state index in [0.717, 1.165) is 41.7 Å². The van der Waals surface area contributed by atoms with Gasteiger partial charge in [-0.2, -0.15) is 0 Å². The highest BCUT2D eigenvalue weighted by atomic mass is 79.9. The van der Waals surface area contributed by atoms with E-state index in [1.807, 2.05) is 24.3 Å². The van der Waals surface area contributed by atoms with Gasteiger partial charge in [0.2, 0.25) is 5.95 Å². The Morgan fingerprint density at radius 3 is 2.73 bits per heavy atom. The molecular formula is C19H22BrN5O. The number of amides is 1. The van der Waals surface area contributed by atoms with Gasteiger partial charge in [-0.25, -0.2) is 4.98 Å². The maximum absolute atomic E-state index is 12.6. The minimum absolute atomic E-state index is 0.224. The third-order valence-corrected chi connectivity index (χ3v) is 4.81. The SMILES string of the molecule is CCN(CC)CCn1c(NC(=O)c2cncc(Br)c2)nc2ccccc21. The second-order valence-corrected chi connectivity index (χ2v) is 6.86. The number of para-hydroxylation sites is 2. The zero-order valence-corrected chi connectivity index (χ0v) is 16.5. The standard InChI is InChI=1S/C19H22BrN5O/c1-3-24(4-2)9-10-25-17-8-6-5-7-16(17)22-19(25)23-18(26)14-11-15(20)13-21-12-14/h5-8,11-13H,3-4,9-10H2,1-2H3,(H,22,23,26). The Morgan fingerprint density at radius 2 is 2.00 bits per heavy atom. The minimum Gasteiger partial charge on any atom is -0.309 e. The van der Waals surface area contributed by atoms with E-state index in [4.69, 9.17) is 0 Å². The van der Waals surface area contributed by atoms with Crippen LogP contribution in [0.4, 0.5) is 5.95 Å². The van der Waals surface area contributed by atoms with E-state index in [2.05, 4.69) is 54.5 Å². The number of nitrogens with zero attached hydrogens (tertiary/aromatic N) is 4. The number of aromatic nitrogens is 3. The smallest absolute Gasteiger partial charge is 0.259 e. The Morgan fingerprint density at radius 1 is 1.23 bits per heavy atom. The lowest BCUT2D eigenvalue weighted by molar-refractivity contribution is 0.102. The van der Waals surface area contributed by atoms with Gasteiger partial charge in [0.05, 0.1) is 16.6 Å². The molecule has 1 N–H and O–H groups in total. The van der Waals surface area contributed by atoms with E-state index < -0.39 is 0 Å². The Hall–Kier alpha value is -2.25. The van der Waals surface area contributed by atoms with Crippen molar-refractivity contribution in [1.82, 2.24) is 19.4 Å². The fourth-order valence-corrected chi connectivity index (χ4v) is 3.25. The second-order valence-electron chi connectivity index (χ2n) is 5.95. The highest BCUT2D eigenvalue weighted by molar-refractivity contribution is 9.10. The molecule has 0 aliphatic carbocycles. The number of carbonyl (C=O) groups excluding carboxylic acids is 1. The quantitative estimate of drug-likeness (QED) is 0.637. The third kappa shape index (κ3) is 4.11. The number of benzene rings is 1. The lowest BCUT2D eigenvalue weighted by Crippen LogP contribution is -2.27. The van der Waals surface area contributed by atoms with Crippen LogP contribution < -0.4 is 5.32 Å². The van der Waals surface area contributed by atoms with Crippen molar-refractivity contribution in [3.05, 3.63) is 52.8 Å². The molecule has 1 aromatic carbocycles. The zero-order valence-electron chi connectivity index (χ0n) is 14.9. The normalized spacial score (nSPS) is 11.2. The van der Waals surface area contributed by atoms with Crippen LogP contribution in [0.25, 0.3) is 11.0 Å². The topological polar surface area (TPSA) is 63.0 Å². The number of anilines is 1. The Bertz CT molecular complexity index is 904. The van der Waals surface area contributed by atoms with Gasteiger partial charge in [0.25, 0.3) is 5.91 Å². The first-order chi connectivity index (χ1) is 12.6. The van der Waals surface area contributed by atoms with E-state index in [9.17, 15) is 4.79 Å². The average Bonchev–Trinajstić information content (AvgIpc) is 3.00. The maximum atomic E-state index is 12.6. The van der Waals surface area contributed by atoms with Gasteiger partial charge in [-0.15, -0.1) is 0 Å². The molecule has 136 valence electrons. The first-order valence-corrected chi connectivity index (χ1v) is 9.51. The summed E-state index contributed by atoms with van der Waals surface area (Å²) in [7, 11) is 0. The lowest BCUT2D eigenvalue weighted by atomic mass is 10.3. The van der Waals surface area contributed by atoms with Crippen LogP contribution in [0, 0.1) is 0 Å². The van der Waals surface area contributed by atoms with Crippen LogP contribution in [-0.4, -0.2) is 45.0 Å². The molecule has 0 radical (unpaired) electrons. The molecule has 0 atom stereocenters. The molecule has 0 fully saturated rings. The van der Waals surface area contributed by atoms with Gasteiger partial charge in [0.15, 0.2) is 0 Å². The predicted octanol–water partition coefficient (Wildman–Crippen LogP) is 3.79. The summed E-state index contributed by atoms with van der Waals surface area (Å²) < 4.78 is 2.83. The summed E-state index contributed by atoms with van der Waals surface area (Å²) in [6.45, 7) is 7.95. The number of fused-ring (bicyclic) bond motifs is 1. The van der Waals surface area contributed by atoms with Crippen molar-refractivity contribution in [2.45, 2.75) is 20.4 Å². The number of likely N-dealkylation sites (N-methyl/N-ethyl adjacent to an activating group) is 1. The molecule has 0 saturated carbocycles. The van der Waals surface area contributed by atoms with Gasteiger partial charge in [-0.3, -0.25) is 15.1 Å². The molecule has 0 saturated heterocycles.